The van der Waals surface area contributed by atoms with E-state index in [9.17, 15) is 4.79 Å². The Morgan fingerprint density at radius 1 is 1.24 bits per heavy atom. The van der Waals surface area contributed by atoms with Crippen molar-refractivity contribution in [2.75, 3.05) is 6.54 Å². The highest BCUT2D eigenvalue weighted by atomic mass is 16.2. The molecule has 3 fully saturated rings. The molecule has 3 nitrogen and oxygen atoms in total. The van der Waals surface area contributed by atoms with Crippen LogP contribution in [0.3, 0.4) is 0 Å². The van der Waals surface area contributed by atoms with Crippen molar-refractivity contribution in [2.24, 2.45) is 29.6 Å². The summed E-state index contributed by atoms with van der Waals surface area (Å²) in [4.78, 5) is 12.0. The van der Waals surface area contributed by atoms with E-state index in [1.54, 1.807) is 0 Å². The zero-order valence-electron chi connectivity index (χ0n) is 10.2. The van der Waals surface area contributed by atoms with Gasteiger partial charge in [0.1, 0.15) is 0 Å². The Balaban J connectivity index is 1.39. The fourth-order valence-corrected chi connectivity index (χ4v) is 4.33. The molecule has 1 N–H and O–H groups in total. The Kier molecular flexibility index (Phi) is 2.82. The van der Waals surface area contributed by atoms with Gasteiger partial charge >= 0.3 is 0 Å². The summed E-state index contributed by atoms with van der Waals surface area (Å²) in [5, 5.41) is 11.5. The molecular weight excluding hydrogens is 212 g/mol. The first-order chi connectivity index (χ1) is 8.33. The first kappa shape index (κ1) is 11.1. The predicted octanol–water partition coefficient (Wildman–Crippen LogP) is 2.09. The van der Waals surface area contributed by atoms with Crippen LogP contribution in [0.5, 0.6) is 0 Å². The van der Waals surface area contributed by atoms with Crippen molar-refractivity contribution in [3.8, 4) is 6.07 Å². The average Bonchev–Trinajstić information content (AvgIpc) is 2.78. The van der Waals surface area contributed by atoms with Gasteiger partial charge in [0.2, 0.25) is 5.91 Å². The van der Waals surface area contributed by atoms with Gasteiger partial charge in [0.25, 0.3) is 0 Å². The summed E-state index contributed by atoms with van der Waals surface area (Å²) in [6, 6.07) is 2.13. The molecule has 0 spiro atoms. The molecule has 0 saturated heterocycles. The molecule has 3 rings (SSSR count). The third kappa shape index (κ3) is 1.84. The van der Waals surface area contributed by atoms with Crippen LogP contribution in [0.1, 0.15) is 38.5 Å². The summed E-state index contributed by atoms with van der Waals surface area (Å²) in [5.74, 6) is 3.89. The first-order valence-corrected chi connectivity index (χ1v) is 6.97. The zero-order chi connectivity index (χ0) is 11.8. The van der Waals surface area contributed by atoms with Crippen LogP contribution >= 0.6 is 0 Å². The van der Waals surface area contributed by atoms with Crippen molar-refractivity contribution in [1.29, 1.82) is 5.26 Å². The molecular formula is C14H20N2O. The van der Waals surface area contributed by atoms with Gasteiger partial charge in [-0.3, -0.25) is 4.79 Å². The topological polar surface area (TPSA) is 52.9 Å². The third-order valence-corrected chi connectivity index (χ3v) is 5.05. The number of hydrogen-bond acceptors (Lipinski definition) is 2. The van der Waals surface area contributed by atoms with Crippen LogP contribution in [0, 0.1) is 40.9 Å². The third-order valence-electron chi connectivity index (χ3n) is 5.05. The van der Waals surface area contributed by atoms with E-state index < -0.39 is 0 Å². The highest BCUT2D eigenvalue weighted by molar-refractivity contribution is 5.82. The predicted molar refractivity (Wildman–Crippen MR) is 63.8 cm³/mol. The van der Waals surface area contributed by atoms with Crippen molar-refractivity contribution in [1.82, 2.24) is 5.32 Å². The molecule has 1 amide bonds. The van der Waals surface area contributed by atoms with Crippen molar-refractivity contribution in [3.63, 3.8) is 0 Å². The molecule has 0 aromatic heterocycles. The summed E-state index contributed by atoms with van der Waals surface area (Å²) in [5.41, 5.74) is 0. The van der Waals surface area contributed by atoms with Crippen molar-refractivity contribution in [2.45, 2.75) is 38.5 Å². The summed E-state index contributed by atoms with van der Waals surface area (Å²) < 4.78 is 0. The van der Waals surface area contributed by atoms with E-state index in [0.717, 1.165) is 43.1 Å². The summed E-state index contributed by atoms with van der Waals surface area (Å²) >= 11 is 0. The normalized spacial score (nSPS) is 40.8. The number of unbranched alkanes of at least 4 members (excludes halogenated alkanes) is 2. The van der Waals surface area contributed by atoms with Crippen LogP contribution in [-0.4, -0.2) is 12.5 Å². The summed E-state index contributed by atoms with van der Waals surface area (Å²) in [6.07, 6.45) is 6.60. The quantitative estimate of drug-likeness (QED) is 0.738. The van der Waals surface area contributed by atoms with Gasteiger partial charge in [-0.05, 0) is 55.8 Å². The fraction of sp³-hybridized carbons (Fsp3) is 0.857. The fourth-order valence-electron chi connectivity index (χ4n) is 4.33. The Morgan fingerprint density at radius 3 is 2.59 bits per heavy atom. The summed E-state index contributed by atoms with van der Waals surface area (Å²) in [6.45, 7) is 0.756. The molecule has 4 atom stereocenters. The lowest BCUT2D eigenvalue weighted by molar-refractivity contribution is -0.123. The van der Waals surface area contributed by atoms with Crippen LogP contribution < -0.4 is 5.32 Å². The molecule has 3 aliphatic carbocycles. The van der Waals surface area contributed by atoms with Gasteiger partial charge in [-0.15, -0.1) is 0 Å². The zero-order valence-corrected chi connectivity index (χ0v) is 10.2. The number of nitrogens with zero attached hydrogens (tertiary/aromatic N) is 1. The van der Waals surface area contributed by atoms with E-state index >= 15 is 0 Å². The molecule has 0 aliphatic heterocycles. The Bertz CT molecular complexity index is 344. The number of carbonyl (C=O) groups is 1. The van der Waals surface area contributed by atoms with Gasteiger partial charge in [0.05, 0.1) is 6.07 Å². The van der Waals surface area contributed by atoms with E-state index in [1.807, 2.05) is 0 Å². The number of fused-ring (bicyclic) bond motifs is 5. The molecule has 0 aromatic carbocycles. The van der Waals surface area contributed by atoms with Gasteiger partial charge in [0, 0.05) is 18.9 Å². The highest BCUT2D eigenvalue weighted by Crippen LogP contribution is 2.69. The SMILES string of the molecule is N#CCCCCNC(=O)C1C2C3CCC(C3)C12. The minimum atomic E-state index is 0.300. The maximum atomic E-state index is 12.0. The molecule has 0 aromatic rings. The molecule has 4 unspecified atom stereocenters. The molecule has 17 heavy (non-hydrogen) atoms. The second-order valence-corrected chi connectivity index (χ2v) is 5.92. The maximum absolute atomic E-state index is 12.0. The first-order valence-electron chi connectivity index (χ1n) is 6.97. The number of carbonyl (C=O) groups excluding carboxylic acids is 1. The van der Waals surface area contributed by atoms with Crippen LogP contribution in [-0.2, 0) is 4.79 Å². The molecule has 0 heterocycles. The van der Waals surface area contributed by atoms with Crippen LogP contribution in [0.4, 0.5) is 0 Å². The second kappa shape index (κ2) is 4.33. The van der Waals surface area contributed by atoms with E-state index in [0.29, 0.717) is 18.2 Å². The lowest BCUT2D eigenvalue weighted by atomic mass is 10.0. The minimum absolute atomic E-state index is 0.300. The average molecular weight is 232 g/mol. The monoisotopic (exact) mass is 232 g/mol. The standard InChI is InChI=1S/C14H20N2O/c15-6-2-1-3-7-16-14(17)13-11-9-4-5-10(8-9)12(11)13/h9-13H,1-5,7-8H2,(H,16,17). The minimum Gasteiger partial charge on any atom is -0.356 e. The van der Waals surface area contributed by atoms with E-state index in [2.05, 4.69) is 11.4 Å². The van der Waals surface area contributed by atoms with Crippen LogP contribution in [0.15, 0.2) is 0 Å². The van der Waals surface area contributed by atoms with Gasteiger partial charge in [-0.25, -0.2) is 0 Å². The Hall–Kier alpha value is -1.04. The van der Waals surface area contributed by atoms with E-state index in [4.69, 9.17) is 5.26 Å². The van der Waals surface area contributed by atoms with Crippen molar-refractivity contribution in [3.05, 3.63) is 0 Å². The largest absolute Gasteiger partial charge is 0.356 e. The van der Waals surface area contributed by atoms with Crippen LogP contribution in [0.2, 0.25) is 0 Å². The number of rotatable bonds is 5. The van der Waals surface area contributed by atoms with Gasteiger partial charge in [-0.2, -0.15) is 5.26 Å². The number of nitriles is 1. The van der Waals surface area contributed by atoms with Gasteiger partial charge < -0.3 is 5.32 Å². The Labute approximate surface area is 103 Å². The number of nitrogens with one attached hydrogen (secondary N) is 1. The smallest absolute Gasteiger partial charge is 0.223 e. The lowest BCUT2D eigenvalue weighted by Gasteiger charge is -2.09. The van der Waals surface area contributed by atoms with E-state index in [1.165, 1.54) is 19.3 Å². The molecule has 3 heteroatoms. The van der Waals surface area contributed by atoms with Gasteiger partial charge in [0.15, 0.2) is 0 Å². The molecule has 92 valence electrons. The molecule has 2 bridgehead atoms. The number of hydrogen-bond donors (Lipinski definition) is 1. The summed E-state index contributed by atoms with van der Waals surface area (Å²) in [7, 11) is 0. The van der Waals surface area contributed by atoms with E-state index in [-0.39, 0.29) is 0 Å². The van der Waals surface area contributed by atoms with Crippen molar-refractivity contribution < 1.29 is 4.79 Å². The molecule has 3 saturated carbocycles. The van der Waals surface area contributed by atoms with Crippen LogP contribution in [0.25, 0.3) is 0 Å². The lowest BCUT2D eigenvalue weighted by Crippen LogP contribution is -2.28. The van der Waals surface area contributed by atoms with Crippen molar-refractivity contribution >= 4 is 5.91 Å². The molecule has 0 radical (unpaired) electrons. The van der Waals surface area contributed by atoms with Gasteiger partial charge in [-0.1, -0.05) is 0 Å². The second-order valence-electron chi connectivity index (χ2n) is 5.92. The maximum Gasteiger partial charge on any atom is 0.223 e. The number of amides is 1. The molecule has 3 aliphatic rings. The Morgan fingerprint density at radius 2 is 1.94 bits per heavy atom. The highest BCUT2D eigenvalue weighted by Gasteiger charge is 2.67.